The van der Waals surface area contributed by atoms with Crippen LogP contribution in [0.4, 0.5) is 0 Å². The second-order valence-corrected chi connectivity index (χ2v) is 4.00. The zero-order valence-corrected chi connectivity index (χ0v) is 8.58. The molecule has 13 heavy (non-hydrogen) atoms. The molecule has 76 valence electrons. The Morgan fingerprint density at radius 3 is 2.38 bits per heavy atom. The van der Waals surface area contributed by atoms with Crippen LogP contribution in [-0.4, -0.2) is 55.4 Å². The number of rotatable bonds is 3. The third kappa shape index (κ3) is 3.32. The summed E-state index contributed by atoms with van der Waals surface area (Å²) in [5, 5.41) is 7.19. The van der Waals surface area contributed by atoms with Crippen LogP contribution >= 0.6 is 0 Å². The number of amidine groups is 1. The summed E-state index contributed by atoms with van der Waals surface area (Å²) in [5.41, 5.74) is 5.35. The second-order valence-electron chi connectivity index (χ2n) is 4.00. The number of likely N-dealkylation sites (tertiary alicyclic amines) is 1. The molecule has 0 saturated carbocycles. The smallest absolute Gasteiger partial charge is 0.105 e. The summed E-state index contributed by atoms with van der Waals surface area (Å²) in [6.45, 7) is 2.78. The Morgan fingerprint density at radius 2 is 2.00 bits per heavy atom. The molecule has 0 amide bonds. The lowest BCUT2D eigenvalue weighted by Crippen LogP contribution is -2.44. The highest BCUT2D eigenvalue weighted by Gasteiger charge is 2.20. The van der Waals surface area contributed by atoms with Crippen LogP contribution in [0.5, 0.6) is 0 Å². The first-order valence-electron chi connectivity index (χ1n) is 4.81. The molecular formula is C9H20N4. The number of hydrogen-bond donors (Lipinski definition) is 2. The average Bonchev–Trinajstić information content (AvgIpc) is 2.04. The molecule has 0 aromatic carbocycles. The lowest BCUT2D eigenvalue weighted by molar-refractivity contribution is 0.158. The van der Waals surface area contributed by atoms with Crippen molar-refractivity contribution in [1.29, 1.82) is 5.41 Å². The molecular weight excluding hydrogens is 164 g/mol. The maximum atomic E-state index is 7.19. The zero-order chi connectivity index (χ0) is 9.84. The summed E-state index contributed by atoms with van der Waals surface area (Å²) >= 11 is 0. The van der Waals surface area contributed by atoms with Gasteiger partial charge < -0.3 is 10.6 Å². The van der Waals surface area contributed by atoms with E-state index in [0.29, 0.717) is 12.6 Å². The molecule has 1 rings (SSSR count). The van der Waals surface area contributed by atoms with Crippen molar-refractivity contribution < 1.29 is 0 Å². The van der Waals surface area contributed by atoms with Gasteiger partial charge in [0, 0.05) is 19.1 Å². The van der Waals surface area contributed by atoms with E-state index < -0.39 is 0 Å². The van der Waals surface area contributed by atoms with E-state index in [9.17, 15) is 0 Å². The van der Waals surface area contributed by atoms with Crippen LogP contribution in [0.15, 0.2) is 0 Å². The molecule has 3 N–H and O–H groups in total. The van der Waals surface area contributed by atoms with Gasteiger partial charge in [-0.1, -0.05) is 0 Å². The highest BCUT2D eigenvalue weighted by Crippen LogP contribution is 2.13. The molecule has 1 aliphatic heterocycles. The molecule has 0 bridgehead atoms. The first-order chi connectivity index (χ1) is 6.09. The van der Waals surface area contributed by atoms with E-state index in [0.717, 1.165) is 13.1 Å². The minimum Gasteiger partial charge on any atom is -0.387 e. The Kier molecular flexibility index (Phi) is 3.69. The van der Waals surface area contributed by atoms with Gasteiger partial charge in [-0.2, -0.15) is 0 Å². The van der Waals surface area contributed by atoms with Gasteiger partial charge in [-0.25, -0.2) is 0 Å². The van der Waals surface area contributed by atoms with Crippen LogP contribution in [0.1, 0.15) is 12.8 Å². The maximum Gasteiger partial charge on any atom is 0.105 e. The van der Waals surface area contributed by atoms with Gasteiger partial charge in [0.25, 0.3) is 0 Å². The van der Waals surface area contributed by atoms with Gasteiger partial charge in [0.15, 0.2) is 0 Å². The highest BCUT2D eigenvalue weighted by atomic mass is 15.2. The van der Waals surface area contributed by atoms with Crippen molar-refractivity contribution in [2.24, 2.45) is 5.73 Å². The van der Waals surface area contributed by atoms with Crippen molar-refractivity contribution in [2.45, 2.75) is 18.9 Å². The molecule has 0 unspecified atom stereocenters. The standard InChI is InChI=1S/C9H20N4/c1-12(2)8-3-5-13(6-4-8)7-9(10)11/h8H,3-7H2,1-2H3,(H3,10,11). The zero-order valence-electron chi connectivity index (χ0n) is 8.58. The first kappa shape index (κ1) is 10.5. The lowest BCUT2D eigenvalue weighted by Gasteiger charge is -2.34. The van der Waals surface area contributed by atoms with Gasteiger partial charge in [-0.3, -0.25) is 10.3 Å². The molecule has 1 saturated heterocycles. The van der Waals surface area contributed by atoms with E-state index in [-0.39, 0.29) is 5.84 Å². The van der Waals surface area contributed by atoms with Gasteiger partial charge >= 0.3 is 0 Å². The highest BCUT2D eigenvalue weighted by molar-refractivity contribution is 5.78. The predicted molar refractivity (Wildman–Crippen MR) is 55.1 cm³/mol. The van der Waals surface area contributed by atoms with Crippen LogP contribution in [0, 0.1) is 5.41 Å². The quantitative estimate of drug-likeness (QED) is 0.477. The molecule has 0 aromatic rings. The maximum absolute atomic E-state index is 7.19. The number of hydrogen-bond acceptors (Lipinski definition) is 3. The molecule has 1 heterocycles. The van der Waals surface area contributed by atoms with Crippen molar-refractivity contribution in [1.82, 2.24) is 9.80 Å². The molecule has 1 aliphatic rings. The Hall–Kier alpha value is -0.610. The summed E-state index contributed by atoms with van der Waals surface area (Å²) < 4.78 is 0. The summed E-state index contributed by atoms with van der Waals surface area (Å²) in [6, 6.07) is 0.711. The molecule has 4 heteroatoms. The summed E-state index contributed by atoms with van der Waals surface area (Å²) in [4.78, 5) is 4.54. The van der Waals surface area contributed by atoms with E-state index in [1.165, 1.54) is 12.8 Å². The van der Waals surface area contributed by atoms with Crippen LogP contribution in [0.2, 0.25) is 0 Å². The van der Waals surface area contributed by atoms with Gasteiger partial charge in [0.05, 0.1) is 6.54 Å². The Morgan fingerprint density at radius 1 is 1.46 bits per heavy atom. The molecule has 4 nitrogen and oxygen atoms in total. The minimum atomic E-state index is 0.281. The largest absolute Gasteiger partial charge is 0.387 e. The van der Waals surface area contributed by atoms with Crippen LogP contribution in [-0.2, 0) is 0 Å². The molecule has 0 aliphatic carbocycles. The normalized spacial score (nSPS) is 20.8. The van der Waals surface area contributed by atoms with Crippen molar-refractivity contribution >= 4 is 5.84 Å². The molecule has 0 spiro atoms. The van der Waals surface area contributed by atoms with Crippen molar-refractivity contribution in [2.75, 3.05) is 33.7 Å². The monoisotopic (exact) mass is 184 g/mol. The molecule has 0 aromatic heterocycles. The van der Waals surface area contributed by atoms with Crippen molar-refractivity contribution in [3.8, 4) is 0 Å². The van der Waals surface area contributed by atoms with Crippen molar-refractivity contribution in [3.05, 3.63) is 0 Å². The third-order valence-corrected chi connectivity index (χ3v) is 2.68. The van der Waals surface area contributed by atoms with Crippen molar-refractivity contribution in [3.63, 3.8) is 0 Å². The predicted octanol–water partition coefficient (Wildman–Crippen LogP) is -0.0516. The first-order valence-corrected chi connectivity index (χ1v) is 4.81. The number of nitrogens with zero attached hydrogens (tertiary/aromatic N) is 2. The fourth-order valence-corrected chi connectivity index (χ4v) is 1.83. The molecule has 0 radical (unpaired) electrons. The fraction of sp³-hybridized carbons (Fsp3) is 0.889. The van der Waals surface area contributed by atoms with Crippen LogP contribution < -0.4 is 5.73 Å². The fourth-order valence-electron chi connectivity index (χ4n) is 1.83. The Bertz CT molecular complexity index is 170. The summed E-state index contributed by atoms with van der Waals surface area (Å²) in [5.74, 6) is 0.281. The lowest BCUT2D eigenvalue weighted by atomic mass is 10.0. The van der Waals surface area contributed by atoms with Gasteiger partial charge in [-0.05, 0) is 26.9 Å². The van der Waals surface area contributed by atoms with E-state index in [4.69, 9.17) is 11.1 Å². The SMILES string of the molecule is CN(C)C1CCN(CC(=N)N)CC1. The summed E-state index contributed by atoms with van der Waals surface area (Å²) in [7, 11) is 4.26. The van der Waals surface area contributed by atoms with E-state index >= 15 is 0 Å². The van der Waals surface area contributed by atoms with E-state index in [1.54, 1.807) is 0 Å². The van der Waals surface area contributed by atoms with E-state index in [1.807, 2.05) is 0 Å². The summed E-state index contributed by atoms with van der Waals surface area (Å²) in [6.07, 6.45) is 2.39. The Labute approximate surface area is 80.2 Å². The van der Waals surface area contributed by atoms with Gasteiger partial charge in [-0.15, -0.1) is 0 Å². The molecule has 1 fully saturated rings. The van der Waals surface area contributed by atoms with Crippen LogP contribution in [0.3, 0.4) is 0 Å². The number of piperidine rings is 1. The minimum absolute atomic E-state index is 0.281. The van der Waals surface area contributed by atoms with E-state index in [2.05, 4.69) is 23.9 Å². The average molecular weight is 184 g/mol. The third-order valence-electron chi connectivity index (χ3n) is 2.68. The van der Waals surface area contributed by atoms with Crippen LogP contribution in [0.25, 0.3) is 0 Å². The van der Waals surface area contributed by atoms with Gasteiger partial charge in [0.1, 0.15) is 5.84 Å². The number of nitrogens with two attached hydrogens (primary N) is 1. The Balaban J connectivity index is 2.26. The molecule has 0 atom stereocenters. The topological polar surface area (TPSA) is 56.4 Å². The van der Waals surface area contributed by atoms with Gasteiger partial charge in [0.2, 0.25) is 0 Å². The second kappa shape index (κ2) is 4.58. The number of nitrogens with one attached hydrogen (secondary N) is 1.